The van der Waals surface area contributed by atoms with Crippen molar-refractivity contribution >= 4 is 38.9 Å². The topological polar surface area (TPSA) is 118 Å². The summed E-state index contributed by atoms with van der Waals surface area (Å²) in [6, 6.07) is 15.9. The lowest BCUT2D eigenvalue weighted by molar-refractivity contribution is 0.0995. The number of hydrogen-bond acceptors (Lipinski definition) is 5. The average molecular weight is 399 g/mol. The van der Waals surface area contributed by atoms with E-state index in [1.807, 2.05) is 0 Å². The van der Waals surface area contributed by atoms with Crippen LogP contribution in [0.1, 0.15) is 20.9 Å². The molecule has 3 N–H and O–H groups in total. The predicted octanol–water partition coefficient (Wildman–Crippen LogP) is 3.16. The van der Waals surface area contributed by atoms with E-state index < -0.39 is 21.8 Å². The third-order valence-electron chi connectivity index (χ3n) is 3.55. The van der Waals surface area contributed by atoms with Gasteiger partial charge in [-0.05, 0) is 48.5 Å². The summed E-state index contributed by atoms with van der Waals surface area (Å²) in [5.74, 6) is -0.663. The number of carbonyl (C=O) groups excluding carboxylic acids is 2. The molecular formula is C19H17N3O5S. The Kier molecular flexibility index (Phi) is 5.46. The van der Waals surface area contributed by atoms with Gasteiger partial charge in [-0.15, -0.1) is 0 Å². The summed E-state index contributed by atoms with van der Waals surface area (Å²) in [7, 11) is -3.44. The monoisotopic (exact) mass is 399 g/mol. The third-order valence-corrected chi connectivity index (χ3v) is 4.16. The molecule has 0 fully saturated rings. The molecule has 1 aromatic heterocycles. The summed E-state index contributed by atoms with van der Waals surface area (Å²) in [6.07, 6.45) is 2.43. The maximum Gasteiger partial charge on any atom is 0.291 e. The van der Waals surface area contributed by atoms with Gasteiger partial charge in [0.25, 0.3) is 11.8 Å². The summed E-state index contributed by atoms with van der Waals surface area (Å²) in [4.78, 5) is 24.5. The van der Waals surface area contributed by atoms with Gasteiger partial charge in [-0.1, -0.05) is 12.1 Å². The van der Waals surface area contributed by atoms with Crippen molar-refractivity contribution in [3.63, 3.8) is 0 Å². The first kappa shape index (κ1) is 19.2. The molecular weight excluding hydrogens is 382 g/mol. The van der Waals surface area contributed by atoms with Gasteiger partial charge < -0.3 is 15.1 Å². The van der Waals surface area contributed by atoms with Crippen LogP contribution in [0, 0.1) is 0 Å². The molecule has 2 aromatic carbocycles. The highest BCUT2D eigenvalue weighted by Gasteiger charge is 2.11. The minimum absolute atomic E-state index is 0.171. The van der Waals surface area contributed by atoms with Crippen molar-refractivity contribution in [2.24, 2.45) is 0 Å². The van der Waals surface area contributed by atoms with Crippen molar-refractivity contribution in [2.45, 2.75) is 0 Å². The minimum atomic E-state index is -3.44. The van der Waals surface area contributed by atoms with E-state index >= 15 is 0 Å². The normalized spacial score (nSPS) is 10.9. The Labute approximate surface area is 161 Å². The van der Waals surface area contributed by atoms with Crippen molar-refractivity contribution in [2.75, 3.05) is 21.6 Å². The zero-order valence-corrected chi connectivity index (χ0v) is 15.6. The van der Waals surface area contributed by atoms with E-state index in [1.54, 1.807) is 54.6 Å². The zero-order valence-electron chi connectivity index (χ0n) is 14.8. The molecule has 0 spiro atoms. The summed E-state index contributed by atoms with van der Waals surface area (Å²) >= 11 is 0. The molecule has 1 heterocycles. The second kappa shape index (κ2) is 7.97. The summed E-state index contributed by atoms with van der Waals surface area (Å²) in [5.41, 5.74) is 1.50. The molecule has 2 amide bonds. The Morgan fingerprint density at radius 3 is 2.11 bits per heavy atom. The van der Waals surface area contributed by atoms with E-state index in [4.69, 9.17) is 4.42 Å². The Morgan fingerprint density at radius 2 is 1.46 bits per heavy atom. The number of nitrogens with one attached hydrogen (secondary N) is 3. The molecule has 0 aliphatic rings. The van der Waals surface area contributed by atoms with Gasteiger partial charge in [0.2, 0.25) is 10.0 Å². The quantitative estimate of drug-likeness (QED) is 0.588. The first-order chi connectivity index (χ1) is 13.3. The highest BCUT2D eigenvalue weighted by Crippen LogP contribution is 2.18. The molecule has 0 aliphatic carbocycles. The molecule has 0 atom stereocenters. The molecule has 0 aliphatic heterocycles. The van der Waals surface area contributed by atoms with Gasteiger partial charge in [0.15, 0.2) is 5.76 Å². The zero-order chi connectivity index (χ0) is 20.1. The molecule has 3 rings (SSSR count). The number of benzene rings is 2. The van der Waals surface area contributed by atoms with Crippen LogP contribution in [0.5, 0.6) is 0 Å². The van der Waals surface area contributed by atoms with Crippen molar-refractivity contribution in [3.05, 3.63) is 78.3 Å². The van der Waals surface area contributed by atoms with Crippen LogP contribution in [-0.4, -0.2) is 26.5 Å². The van der Waals surface area contributed by atoms with Crippen LogP contribution in [0.3, 0.4) is 0 Å². The second-order valence-corrected chi connectivity index (χ2v) is 7.67. The van der Waals surface area contributed by atoms with Gasteiger partial charge in [-0.2, -0.15) is 0 Å². The first-order valence-corrected chi connectivity index (χ1v) is 10.0. The van der Waals surface area contributed by atoms with E-state index in [9.17, 15) is 18.0 Å². The van der Waals surface area contributed by atoms with E-state index in [0.29, 0.717) is 11.4 Å². The average Bonchev–Trinajstić information content (AvgIpc) is 3.15. The fourth-order valence-electron chi connectivity index (χ4n) is 2.42. The molecule has 0 unspecified atom stereocenters. The maximum absolute atomic E-state index is 12.5. The van der Waals surface area contributed by atoms with Crippen LogP contribution < -0.4 is 15.4 Å². The Bertz CT molecular complexity index is 1110. The highest BCUT2D eigenvalue weighted by atomic mass is 32.2. The minimum Gasteiger partial charge on any atom is -0.459 e. The number of carbonyl (C=O) groups is 2. The number of anilines is 3. The number of furan rings is 1. The maximum atomic E-state index is 12.5. The standard InChI is InChI=1S/C19H17N3O5S/c1-28(25,26)22-16-8-2-5-13(11-16)18(23)20-14-6-3-7-15(12-14)21-19(24)17-9-4-10-27-17/h2-12,22H,1H3,(H,20,23)(H,21,24). The largest absolute Gasteiger partial charge is 0.459 e. The van der Waals surface area contributed by atoms with Gasteiger partial charge >= 0.3 is 0 Å². The van der Waals surface area contributed by atoms with Gasteiger partial charge in [-0.3, -0.25) is 14.3 Å². The number of sulfonamides is 1. The van der Waals surface area contributed by atoms with Gasteiger partial charge in [-0.25, -0.2) is 8.42 Å². The molecule has 28 heavy (non-hydrogen) atoms. The summed E-state index contributed by atoms with van der Waals surface area (Å²) < 4.78 is 30.0. The number of amides is 2. The molecule has 3 aromatic rings. The molecule has 8 nitrogen and oxygen atoms in total. The second-order valence-electron chi connectivity index (χ2n) is 5.92. The third kappa shape index (κ3) is 5.21. The van der Waals surface area contributed by atoms with Crippen LogP contribution in [0.15, 0.2) is 71.3 Å². The molecule has 9 heteroatoms. The molecule has 144 valence electrons. The van der Waals surface area contributed by atoms with Gasteiger partial charge in [0.05, 0.1) is 12.5 Å². The van der Waals surface area contributed by atoms with Crippen LogP contribution in [0.25, 0.3) is 0 Å². The van der Waals surface area contributed by atoms with E-state index in [-0.39, 0.29) is 17.0 Å². The lowest BCUT2D eigenvalue weighted by Crippen LogP contribution is -2.14. The van der Waals surface area contributed by atoms with Crippen molar-refractivity contribution in [1.82, 2.24) is 0 Å². The van der Waals surface area contributed by atoms with Crippen LogP contribution in [0.2, 0.25) is 0 Å². The van der Waals surface area contributed by atoms with Crippen LogP contribution >= 0.6 is 0 Å². The Hall–Kier alpha value is -3.59. The van der Waals surface area contributed by atoms with Crippen LogP contribution in [0.4, 0.5) is 17.1 Å². The Balaban J connectivity index is 1.71. The number of rotatable bonds is 6. The fraction of sp³-hybridized carbons (Fsp3) is 0.0526. The van der Waals surface area contributed by atoms with Crippen molar-refractivity contribution in [3.8, 4) is 0 Å². The van der Waals surface area contributed by atoms with E-state index in [1.165, 1.54) is 12.3 Å². The van der Waals surface area contributed by atoms with Gasteiger partial charge in [0.1, 0.15) is 0 Å². The first-order valence-electron chi connectivity index (χ1n) is 8.14. The number of hydrogen-bond donors (Lipinski definition) is 3. The highest BCUT2D eigenvalue weighted by molar-refractivity contribution is 7.92. The molecule has 0 bridgehead atoms. The summed E-state index contributed by atoms with van der Waals surface area (Å²) in [5, 5.41) is 5.38. The van der Waals surface area contributed by atoms with Gasteiger partial charge in [0, 0.05) is 22.6 Å². The molecule has 0 saturated carbocycles. The lowest BCUT2D eigenvalue weighted by atomic mass is 10.2. The fourth-order valence-corrected chi connectivity index (χ4v) is 2.97. The Morgan fingerprint density at radius 1 is 0.821 bits per heavy atom. The molecule has 0 radical (unpaired) electrons. The van der Waals surface area contributed by atoms with Crippen molar-refractivity contribution in [1.29, 1.82) is 0 Å². The van der Waals surface area contributed by atoms with Crippen LogP contribution in [-0.2, 0) is 10.0 Å². The SMILES string of the molecule is CS(=O)(=O)Nc1cccc(C(=O)Nc2cccc(NC(=O)c3ccco3)c2)c1. The van der Waals surface area contributed by atoms with Crippen molar-refractivity contribution < 1.29 is 22.4 Å². The smallest absolute Gasteiger partial charge is 0.291 e. The van der Waals surface area contributed by atoms with E-state index in [2.05, 4.69) is 15.4 Å². The molecule has 0 saturated heterocycles. The predicted molar refractivity (Wildman–Crippen MR) is 106 cm³/mol. The summed E-state index contributed by atoms with van der Waals surface area (Å²) in [6.45, 7) is 0. The van der Waals surface area contributed by atoms with E-state index in [0.717, 1.165) is 6.26 Å². The lowest BCUT2D eigenvalue weighted by Gasteiger charge is -2.09.